The average Bonchev–Trinajstić information content (AvgIpc) is 3.12. The molecule has 0 radical (unpaired) electrons. The predicted octanol–water partition coefficient (Wildman–Crippen LogP) is 1.95. The monoisotopic (exact) mass is 425 g/mol. The van der Waals surface area contributed by atoms with E-state index >= 15 is 0 Å². The number of β-amino-alcohol motifs (C(OH)–C–C–N with tert-alkyl or cyclic N) is 1. The van der Waals surface area contributed by atoms with E-state index in [0.29, 0.717) is 61.0 Å². The summed E-state index contributed by atoms with van der Waals surface area (Å²) in [5, 5.41) is 13.6. The average molecular weight is 426 g/mol. The lowest BCUT2D eigenvalue weighted by Gasteiger charge is -2.35. The molecule has 1 fully saturated rings. The third-order valence-corrected chi connectivity index (χ3v) is 5.65. The number of aliphatic hydroxyl groups excluding tert-OH is 1. The summed E-state index contributed by atoms with van der Waals surface area (Å²) in [7, 11) is 0. The van der Waals surface area contributed by atoms with Crippen LogP contribution in [0.5, 0.6) is 0 Å². The molecule has 3 aliphatic rings. The molecular weight excluding hydrogens is 398 g/mol. The Hall–Kier alpha value is -2.19. The molecule has 29 heavy (non-hydrogen) atoms. The van der Waals surface area contributed by atoms with Crippen LogP contribution in [0.25, 0.3) is 0 Å². The lowest BCUT2D eigenvalue weighted by Crippen LogP contribution is -2.50. The molecule has 160 valence electrons. The molecule has 8 nitrogen and oxygen atoms in total. The van der Waals surface area contributed by atoms with Crippen molar-refractivity contribution in [2.24, 2.45) is 17.6 Å². The van der Waals surface area contributed by atoms with E-state index < -0.39 is 12.2 Å². The number of carbonyl (C=O) groups is 2. The number of nitrogens with two attached hydrogens (primary N) is 1. The molecule has 2 amide bonds. The Morgan fingerprint density at radius 1 is 1.45 bits per heavy atom. The van der Waals surface area contributed by atoms with Gasteiger partial charge in [-0.15, -0.1) is 0 Å². The van der Waals surface area contributed by atoms with Gasteiger partial charge in [-0.1, -0.05) is 25.4 Å². The van der Waals surface area contributed by atoms with Crippen LogP contribution in [0.4, 0.5) is 4.79 Å². The Balaban J connectivity index is 1.51. The van der Waals surface area contributed by atoms with Crippen molar-refractivity contribution < 1.29 is 24.2 Å². The first-order chi connectivity index (χ1) is 13.8. The summed E-state index contributed by atoms with van der Waals surface area (Å²) in [4.78, 5) is 26.2. The standard InChI is InChI=1S/C20H28ClN3O5/c1-11(2)9-29-20(27)24-6-5-12(16(25)8-24)7-23-19(26)14-4-3-13-17(22)15(21)10-28-18(13)14/h10-12,16,25H,3-9,22H2,1-2H3,(H,23,26). The summed E-state index contributed by atoms with van der Waals surface area (Å²) in [6.07, 6.45) is 1.92. The zero-order chi connectivity index (χ0) is 21.1. The van der Waals surface area contributed by atoms with E-state index in [-0.39, 0.29) is 24.3 Å². The minimum Gasteiger partial charge on any atom is -0.462 e. The van der Waals surface area contributed by atoms with Crippen molar-refractivity contribution in [2.75, 3.05) is 26.2 Å². The van der Waals surface area contributed by atoms with Gasteiger partial charge in [0.1, 0.15) is 12.0 Å². The molecule has 2 atom stereocenters. The number of rotatable bonds is 5. The van der Waals surface area contributed by atoms with Gasteiger partial charge in [0, 0.05) is 24.6 Å². The van der Waals surface area contributed by atoms with Gasteiger partial charge < -0.3 is 30.5 Å². The van der Waals surface area contributed by atoms with Crippen LogP contribution in [0.1, 0.15) is 33.1 Å². The van der Waals surface area contributed by atoms with Gasteiger partial charge in [-0.05, 0) is 25.2 Å². The molecule has 0 aromatic carbocycles. The smallest absolute Gasteiger partial charge is 0.409 e. The first-order valence-electron chi connectivity index (χ1n) is 9.90. The highest BCUT2D eigenvalue weighted by Gasteiger charge is 2.34. The van der Waals surface area contributed by atoms with Gasteiger partial charge in [-0.25, -0.2) is 4.79 Å². The van der Waals surface area contributed by atoms with Gasteiger partial charge in [0.15, 0.2) is 0 Å². The summed E-state index contributed by atoms with van der Waals surface area (Å²) >= 11 is 5.97. The van der Waals surface area contributed by atoms with Gasteiger partial charge in [-0.2, -0.15) is 0 Å². The third kappa shape index (κ3) is 4.87. The van der Waals surface area contributed by atoms with E-state index in [0.717, 1.165) is 5.57 Å². The highest BCUT2D eigenvalue weighted by Crippen LogP contribution is 2.39. The Morgan fingerprint density at radius 3 is 2.90 bits per heavy atom. The molecule has 2 aliphatic heterocycles. The fourth-order valence-corrected chi connectivity index (χ4v) is 3.80. The highest BCUT2D eigenvalue weighted by molar-refractivity contribution is 6.32. The zero-order valence-electron chi connectivity index (χ0n) is 16.7. The number of nitrogens with zero attached hydrogens (tertiary/aromatic N) is 1. The zero-order valence-corrected chi connectivity index (χ0v) is 17.5. The van der Waals surface area contributed by atoms with Crippen LogP contribution < -0.4 is 11.1 Å². The molecule has 1 aliphatic carbocycles. The number of hydrogen-bond acceptors (Lipinski definition) is 6. The Morgan fingerprint density at radius 2 is 2.21 bits per heavy atom. The van der Waals surface area contributed by atoms with Crippen molar-refractivity contribution in [3.8, 4) is 0 Å². The first-order valence-corrected chi connectivity index (χ1v) is 10.3. The lowest BCUT2D eigenvalue weighted by atomic mass is 9.94. The molecule has 2 unspecified atom stereocenters. The second-order valence-electron chi connectivity index (χ2n) is 8.03. The van der Waals surface area contributed by atoms with Crippen LogP contribution in [-0.2, 0) is 14.3 Å². The predicted molar refractivity (Wildman–Crippen MR) is 107 cm³/mol. The Bertz CT molecular complexity index is 774. The van der Waals surface area contributed by atoms with Gasteiger partial charge in [0.25, 0.3) is 5.91 Å². The van der Waals surface area contributed by atoms with Crippen molar-refractivity contribution in [3.63, 3.8) is 0 Å². The Labute approximate surface area is 175 Å². The van der Waals surface area contributed by atoms with Gasteiger partial charge >= 0.3 is 6.09 Å². The fraction of sp³-hybridized carbons (Fsp3) is 0.600. The maximum Gasteiger partial charge on any atom is 0.409 e. The minimum atomic E-state index is -0.726. The lowest BCUT2D eigenvalue weighted by molar-refractivity contribution is -0.118. The van der Waals surface area contributed by atoms with E-state index in [1.165, 1.54) is 11.2 Å². The van der Waals surface area contributed by atoms with Crippen molar-refractivity contribution in [3.05, 3.63) is 33.9 Å². The molecule has 0 saturated carbocycles. The molecule has 9 heteroatoms. The van der Waals surface area contributed by atoms with Crippen molar-refractivity contribution >= 4 is 23.6 Å². The van der Waals surface area contributed by atoms with Crippen molar-refractivity contribution in [1.82, 2.24) is 10.2 Å². The van der Waals surface area contributed by atoms with Crippen LogP contribution in [0.2, 0.25) is 0 Å². The van der Waals surface area contributed by atoms with E-state index in [1.54, 1.807) is 0 Å². The number of hydrogen-bond donors (Lipinski definition) is 3. The second kappa shape index (κ2) is 9.09. The molecule has 2 heterocycles. The number of halogens is 1. The molecule has 0 bridgehead atoms. The first kappa shape index (κ1) is 21.5. The maximum atomic E-state index is 12.6. The fourth-order valence-electron chi connectivity index (χ4n) is 3.64. The van der Waals surface area contributed by atoms with Gasteiger partial charge in [0.2, 0.25) is 0 Å². The van der Waals surface area contributed by atoms with E-state index in [1.807, 2.05) is 13.8 Å². The molecule has 0 aromatic heterocycles. The minimum absolute atomic E-state index is 0.137. The molecule has 1 saturated heterocycles. The van der Waals surface area contributed by atoms with Crippen LogP contribution in [0.15, 0.2) is 33.9 Å². The number of piperidine rings is 1. The summed E-state index contributed by atoms with van der Waals surface area (Å²) in [6, 6.07) is 0. The molecule has 0 aromatic rings. The highest BCUT2D eigenvalue weighted by atomic mass is 35.5. The Kier molecular flexibility index (Phi) is 6.74. The number of fused-ring (bicyclic) bond motifs is 1. The summed E-state index contributed by atoms with van der Waals surface area (Å²) < 4.78 is 10.7. The summed E-state index contributed by atoms with van der Waals surface area (Å²) in [6.45, 7) is 5.28. The molecular formula is C20H28ClN3O5. The van der Waals surface area contributed by atoms with Crippen LogP contribution in [0.3, 0.4) is 0 Å². The van der Waals surface area contributed by atoms with E-state index in [9.17, 15) is 14.7 Å². The largest absolute Gasteiger partial charge is 0.462 e. The number of ether oxygens (including phenoxy) is 2. The normalized spacial score (nSPS) is 24.3. The van der Waals surface area contributed by atoms with Crippen molar-refractivity contribution in [2.45, 2.75) is 39.2 Å². The number of carbonyl (C=O) groups excluding carboxylic acids is 2. The number of aliphatic hydroxyl groups is 1. The number of nitrogens with one attached hydrogen (secondary N) is 1. The van der Waals surface area contributed by atoms with E-state index in [2.05, 4.69) is 5.32 Å². The van der Waals surface area contributed by atoms with E-state index in [4.69, 9.17) is 26.8 Å². The SMILES string of the molecule is CC(C)COC(=O)N1CCC(CNC(=O)C2=C3OC=C(Cl)C(N)=C3CC2)C(O)C1. The summed E-state index contributed by atoms with van der Waals surface area (Å²) in [5.74, 6) is 0.364. The number of amides is 2. The van der Waals surface area contributed by atoms with Crippen molar-refractivity contribution in [1.29, 1.82) is 0 Å². The second-order valence-corrected chi connectivity index (χ2v) is 8.43. The third-order valence-electron chi connectivity index (χ3n) is 5.35. The quantitative estimate of drug-likeness (QED) is 0.620. The number of allylic oxidation sites excluding steroid dienone is 2. The number of likely N-dealkylation sites (tertiary alicyclic amines) is 1. The molecule has 4 N–H and O–H groups in total. The summed E-state index contributed by atoms with van der Waals surface area (Å²) in [5.41, 5.74) is 7.71. The van der Waals surface area contributed by atoms with Gasteiger partial charge in [-0.3, -0.25) is 4.79 Å². The van der Waals surface area contributed by atoms with Crippen LogP contribution >= 0.6 is 11.6 Å². The van der Waals surface area contributed by atoms with Crippen LogP contribution in [-0.4, -0.2) is 54.4 Å². The molecule has 0 spiro atoms. The van der Waals surface area contributed by atoms with Gasteiger partial charge in [0.05, 0.1) is 35.6 Å². The topological polar surface area (TPSA) is 114 Å². The molecule has 3 rings (SSSR count). The maximum absolute atomic E-state index is 12.6. The van der Waals surface area contributed by atoms with Crippen LogP contribution in [0, 0.1) is 11.8 Å².